The minimum absolute atomic E-state index is 0.101. The Morgan fingerprint density at radius 1 is 1.56 bits per heavy atom. The first-order valence-corrected chi connectivity index (χ1v) is 3.16. The Hall–Kier alpha value is -0.410. The molecule has 2 bridgehead atoms. The molecule has 9 heavy (non-hydrogen) atoms. The molecular weight excluding hydrogens is 120 g/mol. The number of fused-ring (bicyclic) bond motifs is 2. The average molecular weight is 128 g/mol. The molecule has 0 saturated carbocycles. The van der Waals surface area contributed by atoms with Gasteiger partial charge in [-0.25, -0.2) is 0 Å². The van der Waals surface area contributed by atoms with Crippen molar-refractivity contribution in [1.29, 1.82) is 0 Å². The molecule has 0 aromatic heterocycles. The molecule has 50 valence electrons. The van der Waals surface area contributed by atoms with Gasteiger partial charge in [-0.3, -0.25) is 4.79 Å². The second kappa shape index (κ2) is 1.78. The summed E-state index contributed by atoms with van der Waals surface area (Å²) in [6, 6.07) is 0. The van der Waals surface area contributed by atoms with E-state index in [0.717, 1.165) is 6.42 Å². The molecule has 2 saturated heterocycles. The maximum Gasteiger partial charge on any atom is 0.218 e. The zero-order chi connectivity index (χ0) is 6.27. The fraction of sp³-hybridized carbons (Fsp3) is 0.833. The normalized spacial score (nSPS) is 41.6. The highest BCUT2D eigenvalue weighted by Crippen LogP contribution is 2.23. The van der Waals surface area contributed by atoms with Crippen molar-refractivity contribution in [3.05, 3.63) is 0 Å². The average Bonchev–Trinajstić information content (AvgIpc) is 2.25. The van der Waals surface area contributed by atoms with Crippen molar-refractivity contribution in [2.75, 3.05) is 6.61 Å². The van der Waals surface area contributed by atoms with Gasteiger partial charge < -0.3 is 9.47 Å². The molecule has 3 nitrogen and oxygen atoms in total. The van der Waals surface area contributed by atoms with Crippen LogP contribution in [0.1, 0.15) is 12.8 Å². The predicted octanol–water partition coefficient (Wildman–Crippen LogP) is 0.0908. The fourth-order valence-corrected chi connectivity index (χ4v) is 1.19. The van der Waals surface area contributed by atoms with Crippen molar-refractivity contribution in [3.8, 4) is 0 Å². The second-order valence-corrected chi connectivity index (χ2v) is 2.43. The van der Waals surface area contributed by atoms with E-state index in [2.05, 4.69) is 0 Å². The molecule has 2 rings (SSSR count). The van der Waals surface area contributed by atoms with Gasteiger partial charge in [-0.1, -0.05) is 0 Å². The summed E-state index contributed by atoms with van der Waals surface area (Å²) >= 11 is 0. The van der Waals surface area contributed by atoms with Gasteiger partial charge in [0.25, 0.3) is 0 Å². The predicted molar refractivity (Wildman–Crippen MR) is 28.9 cm³/mol. The zero-order valence-corrected chi connectivity index (χ0v) is 5.00. The van der Waals surface area contributed by atoms with Crippen LogP contribution < -0.4 is 0 Å². The minimum atomic E-state index is -0.510. The number of carbonyl (C=O) groups is 1. The highest BCUT2D eigenvalue weighted by molar-refractivity contribution is 5.82. The number of rotatable bonds is 0. The first-order valence-electron chi connectivity index (χ1n) is 3.16. The summed E-state index contributed by atoms with van der Waals surface area (Å²) in [5.41, 5.74) is 0. The third-order valence-corrected chi connectivity index (χ3v) is 1.73. The Balaban J connectivity index is 2.14. The van der Waals surface area contributed by atoms with Crippen LogP contribution in [0, 0.1) is 0 Å². The lowest BCUT2D eigenvalue weighted by atomic mass is 10.1. The molecule has 2 atom stereocenters. The number of hydrogen-bond acceptors (Lipinski definition) is 3. The molecule has 2 aliphatic heterocycles. The first kappa shape index (κ1) is 5.38. The van der Waals surface area contributed by atoms with E-state index in [1.807, 2.05) is 0 Å². The lowest BCUT2D eigenvalue weighted by Crippen LogP contribution is -2.27. The molecule has 0 unspecified atom stereocenters. The van der Waals surface area contributed by atoms with Gasteiger partial charge in [0.15, 0.2) is 5.78 Å². The van der Waals surface area contributed by atoms with Crippen LogP contribution in [0.3, 0.4) is 0 Å². The van der Waals surface area contributed by atoms with Crippen LogP contribution in [-0.4, -0.2) is 24.8 Å². The summed E-state index contributed by atoms with van der Waals surface area (Å²) in [5, 5.41) is 0. The second-order valence-electron chi connectivity index (χ2n) is 2.43. The minimum Gasteiger partial charge on any atom is -0.343 e. The highest BCUT2D eigenvalue weighted by atomic mass is 16.7. The monoisotopic (exact) mass is 128 g/mol. The number of hydrogen-bond donors (Lipinski definition) is 0. The van der Waals surface area contributed by atoms with Crippen LogP contribution in [0.2, 0.25) is 0 Å². The van der Waals surface area contributed by atoms with Crippen LogP contribution >= 0.6 is 0 Å². The van der Waals surface area contributed by atoms with Gasteiger partial charge >= 0.3 is 0 Å². The molecular formula is C6H8O3. The van der Waals surface area contributed by atoms with Crippen molar-refractivity contribution >= 4 is 5.78 Å². The fourth-order valence-electron chi connectivity index (χ4n) is 1.19. The highest BCUT2D eigenvalue weighted by Gasteiger charge is 2.36. The third-order valence-electron chi connectivity index (χ3n) is 1.73. The lowest BCUT2D eigenvalue weighted by molar-refractivity contribution is -0.152. The smallest absolute Gasteiger partial charge is 0.218 e. The van der Waals surface area contributed by atoms with Crippen LogP contribution in [0.15, 0.2) is 0 Å². The van der Waals surface area contributed by atoms with Gasteiger partial charge in [0, 0.05) is 6.42 Å². The lowest BCUT2D eigenvalue weighted by Gasteiger charge is -2.15. The maximum absolute atomic E-state index is 10.8. The molecule has 0 aromatic carbocycles. The molecule has 0 amide bonds. The van der Waals surface area contributed by atoms with E-state index in [1.54, 1.807) is 0 Å². The van der Waals surface area contributed by atoms with Crippen molar-refractivity contribution < 1.29 is 14.3 Å². The van der Waals surface area contributed by atoms with Crippen LogP contribution in [0.4, 0.5) is 0 Å². The molecule has 0 aliphatic carbocycles. The summed E-state index contributed by atoms with van der Waals surface area (Å²) in [7, 11) is 0. The standard InChI is InChI=1S/C6H8O3/c7-5-2-1-4-3-8-6(5)9-4/h4,6H,1-3H2/t4-,6+/m1/s1. The molecule has 0 radical (unpaired) electrons. The summed E-state index contributed by atoms with van der Waals surface area (Å²) < 4.78 is 10.2. The van der Waals surface area contributed by atoms with Gasteiger partial charge in [-0.2, -0.15) is 0 Å². The molecule has 2 fully saturated rings. The van der Waals surface area contributed by atoms with Gasteiger partial charge in [0.2, 0.25) is 6.29 Å². The van der Waals surface area contributed by atoms with Crippen molar-refractivity contribution in [1.82, 2.24) is 0 Å². The van der Waals surface area contributed by atoms with Crippen molar-refractivity contribution in [2.45, 2.75) is 25.2 Å². The van der Waals surface area contributed by atoms with E-state index in [-0.39, 0.29) is 11.9 Å². The summed E-state index contributed by atoms with van der Waals surface area (Å²) in [4.78, 5) is 10.8. The maximum atomic E-state index is 10.8. The first-order chi connectivity index (χ1) is 4.36. The van der Waals surface area contributed by atoms with Gasteiger partial charge in [-0.15, -0.1) is 0 Å². The Morgan fingerprint density at radius 2 is 2.44 bits per heavy atom. The Kier molecular flexibility index (Phi) is 1.07. The van der Waals surface area contributed by atoms with Crippen LogP contribution in [-0.2, 0) is 14.3 Å². The Bertz CT molecular complexity index is 143. The largest absolute Gasteiger partial charge is 0.343 e. The van der Waals surface area contributed by atoms with Gasteiger partial charge in [0.05, 0.1) is 12.7 Å². The van der Waals surface area contributed by atoms with E-state index in [1.165, 1.54) is 0 Å². The molecule has 0 N–H and O–H groups in total. The molecule has 3 heteroatoms. The van der Waals surface area contributed by atoms with Gasteiger partial charge in [0.1, 0.15) is 0 Å². The van der Waals surface area contributed by atoms with Crippen LogP contribution in [0.5, 0.6) is 0 Å². The Morgan fingerprint density at radius 3 is 3.22 bits per heavy atom. The van der Waals surface area contributed by atoms with E-state index in [0.29, 0.717) is 13.0 Å². The van der Waals surface area contributed by atoms with E-state index >= 15 is 0 Å². The summed E-state index contributed by atoms with van der Waals surface area (Å²) in [6.07, 6.45) is 1.17. The van der Waals surface area contributed by atoms with Crippen LogP contribution in [0.25, 0.3) is 0 Å². The quantitative estimate of drug-likeness (QED) is 0.464. The number of ether oxygens (including phenoxy) is 2. The van der Waals surface area contributed by atoms with Crippen molar-refractivity contribution in [2.24, 2.45) is 0 Å². The molecule has 2 aliphatic rings. The SMILES string of the molecule is O=C1CC[C@@H]2CO[C@H]1O2. The third kappa shape index (κ3) is 0.767. The van der Waals surface area contributed by atoms with Crippen molar-refractivity contribution in [3.63, 3.8) is 0 Å². The number of carbonyl (C=O) groups excluding carboxylic acids is 1. The molecule has 0 aromatic rings. The summed E-state index contributed by atoms with van der Waals surface area (Å²) in [5.74, 6) is 0.101. The molecule has 0 spiro atoms. The summed E-state index contributed by atoms with van der Waals surface area (Å²) in [6.45, 7) is 0.608. The van der Waals surface area contributed by atoms with E-state index < -0.39 is 6.29 Å². The number of ketones is 1. The van der Waals surface area contributed by atoms with E-state index in [9.17, 15) is 4.79 Å². The molecule has 2 heterocycles. The Labute approximate surface area is 52.9 Å². The van der Waals surface area contributed by atoms with E-state index in [4.69, 9.17) is 9.47 Å². The topological polar surface area (TPSA) is 35.5 Å². The number of Topliss-reactive ketones (excluding diaryl/α,β-unsaturated/α-hetero) is 1. The zero-order valence-electron chi connectivity index (χ0n) is 5.00. The van der Waals surface area contributed by atoms with Gasteiger partial charge in [-0.05, 0) is 6.42 Å².